The van der Waals surface area contributed by atoms with Crippen molar-refractivity contribution in [3.63, 3.8) is 0 Å². The van der Waals surface area contributed by atoms with Crippen molar-refractivity contribution in [2.45, 2.75) is 26.3 Å². The minimum Gasteiger partial charge on any atom is -0.507 e. The largest absolute Gasteiger partial charge is 0.507 e. The molecule has 0 aliphatic carbocycles. The highest BCUT2D eigenvalue weighted by Gasteiger charge is 2.18. The maximum absolute atomic E-state index is 10.7. The SMILES string of the molecule is Cc1cc(Br)c(C)c(O)c1CC(N)C(=O)O. The highest BCUT2D eigenvalue weighted by Crippen LogP contribution is 2.32. The van der Waals surface area contributed by atoms with Crippen LogP contribution in [0.25, 0.3) is 0 Å². The van der Waals surface area contributed by atoms with Crippen LogP contribution in [0.4, 0.5) is 0 Å². The van der Waals surface area contributed by atoms with Gasteiger partial charge in [0.1, 0.15) is 11.8 Å². The number of nitrogens with two attached hydrogens (primary N) is 1. The van der Waals surface area contributed by atoms with Crippen molar-refractivity contribution in [3.05, 3.63) is 27.2 Å². The molecule has 0 amide bonds. The van der Waals surface area contributed by atoms with Crippen LogP contribution in [0.2, 0.25) is 0 Å². The number of halogens is 1. The zero-order valence-electron chi connectivity index (χ0n) is 9.12. The maximum Gasteiger partial charge on any atom is 0.320 e. The summed E-state index contributed by atoms with van der Waals surface area (Å²) in [6.07, 6.45) is 0.126. The van der Waals surface area contributed by atoms with Crippen LogP contribution >= 0.6 is 15.9 Å². The lowest BCUT2D eigenvalue weighted by atomic mass is 9.98. The Labute approximate surface area is 102 Å². The number of aliphatic carboxylic acids is 1. The molecule has 4 nitrogen and oxygen atoms in total. The van der Waals surface area contributed by atoms with E-state index in [-0.39, 0.29) is 12.2 Å². The number of hydrogen-bond acceptors (Lipinski definition) is 3. The molecule has 1 aromatic rings. The zero-order chi connectivity index (χ0) is 12.5. The fourth-order valence-corrected chi connectivity index (χ4v) is 2.01. The number of carboxylic acid groups (broad SMARTS) is 1. The van der Waals surface area contributed by atoms with Crippen molar-refractivity contribution in [2.75, 3.05) is 0 Å². The molecule has 0 heterocycles. The first kappa shape index (κ1) is 13.0. The van der Waals surface area contributed by atoms with E-state index >= 15 is 0 Å². The van der Waals surface area contributed by atoms with Gasteiger partial charge in [-0.3, -0.25) is 4.79 Å². The number of hydrogen-bond donors (Lipinski definition) is 3. The molecule has 0 saturated carbocycles. The van der Waals surface area contributed by atoms with Crippen LogP contribution in [-0.4, -0.2) is 22.2 Å². The van der Waals surface area contributed by atoms with E-state index in [1.54, 1.807) is 6.92 Å². The van der Waals surface area contributed by atoms with Crippen LogP contribution in [0.3, 0.4) is 0 Å². The third kappa shape index (κ3) is 2.54. The second kappa shape index (κ2) is 4.84. The molecule has 0 saturated heterocycles. The molecule has 0 radical (unpaired) electrons. The van der Waals surface area contributed by atoms with Gasteiger partial charge in [0.2, 0.25) is 0 Å². The monoisotopic (exact) mass is 287 g/mol. The van der Waals surface area contributed by atoms with E-state index in [4.69, 9.17) is 10.8 Å². The van der Waals surface area contributed by atoms with Crippen LogP contribution in [0, 0.1) is 13.8 Å². The standard InChI is InChI=1S/C11H14BrNO3/c1-5-3-8(12)6(2)10(14)7(5)4-9(13)11(15)16/h3,9,14H,4,13H2,1-2H3,(H,15,16). The lowest BCUT2D eigenvalue weighted by Crippen LogP contribution is -2.32. The molecule has 16 heavy (non-hydrogen) atoms. The summed E-state index contributed by atoms with van der Waals surface area (Å²) in [5.41, 5.74) is 7.56. The molecule has 4 N–H and O–H groups in total. The van der Waals surface area contributed by atoms with Crippen LogP contribution in [0.5, 0.6) is 5.75 Å². The third-order valence-electron chi connectivity index (χ3n) is 2.56. The van der Waals surface area contributed by atoms with Gasteiger partial charge in [0.15, 0.2) is 0 Å². The highest BCUT2D eigenvalue weighted by atomic mass is 79.9. The Morgan fingerprint density at radius 3 is 2.62 bits per heavy atom. The molecule has 1 rings (SSSR count). The second-order valence-corrected chi connectivity index (χ2v) is 4.63. The van der Waals surface area contributed by atoms with Gasteiger partial charge in [0, 0.05) is 16.5 Å². The van der Waals surface area contributed by atoms with Crippen molar-refractivity contribution >= 4 is 21.9 Å². The molecule has 0 bridgehead atoms. The summed E-state index contributed by atoms with van der Waals surface area (Å²) < 4.78 is 0.801. The van der Waals surface area contributed by atoms with Gasteiger partial charge in [-0.1, -0.05) is 15.9 Å². The van der Waals surface area contributed by atoms with E-state index < -0.39 is 12.0 Å². The Morgan fingerprint density at radius 2 is 2.12 bits per heavy atom. The number of rotatable bonds is 3. The molecule has 0 aliphatic rings. The molecule has 0 fully saturated rings. The van der Waals surface area contributed by atoms with E-state index in [0.717, 1.165) is 10.0 Å². The summed E-state index contributed by atoms with van der Waals surface area (Å²) in [6.45, 7) is 3.57. The molecule has 0 aliphatic heterocycles. The smallest absolute Gasteiger partial charge is 0.320 e. The van der Waals surface area contributed by atoms with Gasteiger partial charge in [-0.25, -0.2) is 0 Å². The molecule has 0 aromatic heterocycles. The summed E-state index contributed by atoms with van der Waals surface area (Å²) in [6, 6.07) is 0.851. The Hall–Kier alpha value is -1.07. The number of phenolic OH excluding ortho intramolecular Hbond substituents is 1. The fraction of sp³-hybridized carbons (Fsp3) is 0.364. The van der Waals surface area contributed by atoms with Crippen LogP contribution in [-0.2, 0) is 11.2 Å². The minimum atomic E-state index is -1.07. The van der Waals surface area contributed by atoms with Gasteiger partial charge < -0.3 is 15.9 Å². The van der Waals surface area contributed by atoms with Gasteiger partial charge >= 0.3 is 5.97 Å². The number of aryl methyl sites for hydroxylation is 1. The number of benzene rings is 1. The highest BCUT2D eigenvalue weighted by molar-refractivity contribution is 9.10. The van der Waals surface area contributed by atoms with E-state index in [2.05, 4.69) is 15.9 Å². The van der Waals surface area contributed by atoms with Gasteiger partial charge in [0.25, 0.3) is 0 Å². The normalized spacial score (nSPS) is 12.5. The van der Waals surface area contributed by atoms with Crippen LogP contribution in [0.15, 0.2) is 10.5 Å². The molecule has 1 aromatic carbocycles. The first-order valence-electron chi connectivity index (χ1n) is 4.80. The Bertz CT molecular complexity index is 432. The van der Waals surface area contributed by atoms with Gasteiger partial charge in [-0.15, -0.1) is 0 Å². The quantitative estimate of drug-likeness (QED) is 0.791. The summed E-state index contributed by atoms with van der Waals surface area (Å²) in [5, 5.41) is 18.6. The Morgan fingerprint density at radius 1 is 1.56 bits per heavy atom. The lowest BCUT2D eigenvalue weighted by Gasteiger charge is -2.14. The average molecular weight is 288 g/mol. The number of phenols is 1. The summed E-state index contributed by atoms with van der Waals surface area (Å²) in [5.74, 6) is -0.956. The van der Waals surface area contributed by atoms with Crippen molar-refractivity contribution in [3.8, 4) is 5.75 Å². The first-order valence-corrected chi connectivity index (χ1v) is 5.59. The maximum atomic E-state index is 10.7. The van der Waals surface area contributed by atoms with Crippen molar-refractivity contribution in [2.24, 2.45) is 5.73 Å². The molecule has 1 atom stereocenters. The van der Waals surface area contributed by atoms with E-state index in [1.807, 2.05) is 13.0 Å². The summed E-state index contributed by atoms with van der Waals surface area (Å²) in [7, 11) is 0. The third-order valence-corrected chi connectivity index (χ3v) is 3.38. The van der Waals surface area contributed by atoms with E-state index in [1.165, 1.54) is 0 Å². The van der Waals surface area contributed by atoms with Crippen LogP contribution in [0.1, 0.15) is 16.7 Å². The Kier molecular flexibility index (Phi) is 3.93. The molecular formula is C11H14BrNO3. The van der Waals surface area contributed by atoms with Crippen molar-refractivity contribution in [1.82, 2.24) is 0 Å². The van der Waals surface area contributed by atoms with Crippen molar-refractivity contribution in [1.29, 1.82) is 0 Å². The van der Waals surface area contributed by atoms with E-state index in [9.17, 15) is 9.90 Å². The minimum absolute atomic E-state index is 0.114. The topological polar surface area (TPSA) is 83.5 Å². The summed E-state index contributed by atoms with van der Waals surface area (Å²) >= 11 is 3.32. The average Bonchev–Trinajstić information content (AvgIpc) is 2.20. The number of carbonyl (C=O) groups is 1. The molecule has 5 heteroatoms. The first-order chi connectivity index (χ1) is 7.34. The lowest BCUT2D eigenvalue weighted by molar-refractivity contribution is -0.138. The summed E-state index contributed by atoms with van der Waals surface area (Å²) in [4.78, 5) is 10.7. The molecule has 0 spiro atoms. The van der Waals surface area contributed by atoms with Gasteiger partial charge in [-0.2, -0.15) is 0 Å². The predicted octanol–water partition coefficient (Wildman–Crippen LogP) is 1.73. The van der Waals surface area contributed by atoms with Gasteiger partial charge in [0.05, 0.1) is 0 Å². The van der Waals surface area contributed by atoms with Gasteiger partial charge in [-0.05, 0) is 31.0 Å². The Balaban J connectivity index is 3.14. The van der Waals surface area contributed by atoms with Crippen LogP contribution < -0.4 is 5.73 Å². The predicted molar refractivity (Wildman–Crippen MR) is 64.6 cm³/mol. The number of aromatic hydroxyl groups is 1. The second-order valence-electron chi connectivity index (χ2n) is 3.78. The fourth-order valence-electron chi connectivity index (χ4n) is 1.48. The zero-order valence-corrected chi connectivity index (χ0v) is 10.7. The molecule has 88 valence electrons. The number of carboxylic acids is 1. The molecular weight excluding hydrogens is 274 g/mol. The van der Waals surface area contributed by atoms with E-state index in [0.29, 0.717) is 11.1 Å². The molecule has 1 unspecified atom stereocenters. The van der Waals surface area contributed by atoms with Crippen molar-refractivity contribution < 1.29 is 15.0 Å².